The molecule has 0 unspecified atom stereocenters. The van der Waals surface area contributed by atoms with Gasteiger partial charge in [0.1, 0.15) is 5.69 Å². The second-order valence-corrected chi connectivity index (χ2v) is 3.01. The Morgan fingerprint density at radius 3 is 2.64 bits per heavy atom. The summed E-state index contributed by atoms with van der Waals surface area (Å²) >= 11 is 0. The van der Waals surface area contributed by atoms with Crippen LogP contribution in [-0.4, -0.2) is 15.0 Å². The Labute approximate surface area is 65.4 Å². The monoisotopic (exact) mass is 150 g/mol. The van der Waals surface area contributed by atoms with Crippen LogP contribution in [0.15, 0.2) is 6.20 Å². The summed E-state index contributed by atoms with van der Waals surface area (Å²) in [6.07, 6.45) is 1.75. The van der Waals surface area contributed by atoms with Gasteiger partial charge in [0.05, 0.1) is 11.5 Å². The van der Waals surface area contributed by atoms with Crippen LogP contribution in [0.1, 0.15) is 19.5 Å². The molecule has 0 atom stereocenters. The first kappa shape index (κ1) is 7.73. The SMILES string of the molecule is Cn1cc(C(C)(C)C#N)nn1. The summed E-state index contributed by atoms with van der Waals surface area (Å²) in [5.74, 6) is 0. The molecule has 1 heterocycles. The van der Waals surface area contributed by atoms with Crippen molar-refractivity contribution in [1.82, 2.24) is 15.0 Å². The standard InChI is InChI=1S/C7H10N4/c1-7(2,5-8)6-4-11(3)10-9-6/h4H,1-3H3. The summed E-state index contributed by atoms with van der Waals surface area (Å²) in [5.41, 5.74) is 0.177. The van der Waals surface area contributed by atoms with Gasteiger partial charge in [-0.2, -0.15) is 5.26 Å². The van der Waals surface area contributed by atoms with E-state index < -0.39 is 5.41 Å². The molecule has 1 rings (SSSR count). The fraction of sp³-hybridized carbons (Fsp3) is 0.571. The third-order valence-electron chi connectivity index (χ3n) is 1.52. The minimum absolute atomic E-state index is 0.533. The van der Waals surface area contributed by atoms with Gasteiger partial charge in [-0.15, -0.1) is 5.10 Å². The third kappa shape index (κ3) is 1.37. The molecule has 1 aromatic heterocycles. The molecule has 0 aliphatic rings. The highest BCUT2D eigenvalue weighted by Crippen LogP contribution is 2.18. The highest BCUT2D eigenvalue weighted by atomic mass is 15.4. The van der Waals surface area contributed by atoms with E-state index in [2.05, 4.69) is 16.4 Å². The average molecular weight is 150 g/mol. The van der Waals surface area contributed by atoms with Gasteiger partial charge in [-0.25, -0.2) is 0 Å². The molecule has 0 amide bonds. The van der Waals surface area contributed by atoms with Crippen molar-refractivity contribution in [2.24, 2.45) is 7.05 Å². The molecule has 0 aliphatic carbocycles. The van der Waals surface area contributed by atoms with Gasteiger partial charge in [0.15, 0.2) is 0 Å². The number of aromatic nitrogens is 3. The van der Waals surface area contributed by atoms with Gasteiger partial charge in [-0.3, -0.25) is 4.68 Å². The van der Waals surface area contributed by atoms with E-state index in [4.69, 9.17) is 5.26 Å². The van der Waals surface area contributed by atoms with Gasteiger partial charge in [0, 0.05) is 13.2 Å². The highest BCUT2D eigenvalue weighted by Gasteiger charge is 2.22. The van der Waals surface area contributed by atoms with Gasteiger partial charge < -0.3 is 0 Å². The van der Waals surface area contributed by atoms with Crippen molar-refractivity contribution in [2.45, 2.75) is 19.3 Å². The zero-order valence-electron chi connectivity index (χ0n) is 6.87. The van der Waals surface area contributed by atoms with Crippen LogP contribution in [0.25, 0.3) is 0 Å². The van der Waals surface area contributed by atoms with Crippen LogP contribution in [-0.2, 0) is 12.5 Å². The topological polar surface area (TPSA) is 54.5 Å². The van der Waals surface area contributed by atoms with Crippen molar-refractivity contribution in [2.75, 3.05) is 0 Å². The Hall–Kier alpha value is -1.37. The summed E-state index contributed by atoms with van der Waals surface area (Å²) in [7, 11) is 1.78. The maximum absolute atomic E-state index is 8.73. The number of hydrogen-bond donors (Lipinski definition) is 0. The Balaban J connectivity index is 3.04. The number of hydrogen-bond acceptors (Lipinski definition) is 3. The van der Waals surface area contributed by atoms with Crippen LogP contribution < -0.4 is 0 Å². The second kappa shape index (κ2) is 2.35. The summed E-state index contributed by atoms with van der Waals surface area (Å²) in [4.78, 5) is 0. The molecule has 1 aromatic rings. The quantitative estimate of drug-likeness (QED) is 0.589. The molecule has 58 valence electrons. The summed E-state index contributed by atoms with van der Waals surface area (Å²) in [5, 5.41) is 16.3. The van der Waals surface area contributed by atoms with Gasteiger partial charge >= 0.3 is 0 Å². The average Bonchev–Trinajstić information content (AvgIpc) is 2.36. The molecular weight excluding hydrogens is 140 g/mol. The molecule has 0 radical (unpaired) electrons. The van der Waals surface area contributed by atoms with E-state index >= 15 is 0 Å². The second-order valence-electron chi connectivity index (χ2n) is 3.01. The molecular formula is C7H10N4. The van der Waals surface area contributed by atoms with E-state index in [9.17, 15) is 0 Å². The maximum Gasteiger partial charge on any atom is 0.102 e. The van der Waals surface area contributed by atoms with Crippen molar-refractivity contribution in [1.29, 1.82) is 5.26 Å². The molecule has 0 saturated heterocycles. The van der Waals surface area contributed by atoms with E-state index in [0.29, 0.717) is 5.69 Å². The van der Waals surface area contributed by atoms with Crippen LogP contribution in [0, 0.1) is 11.3 Å². The predicted molar refractivity (Wildman–Crippen MR) is 39.6 cm³/mol. The van der Waals surface area contributed by atoms with Crippen LogP contribution in [0.2, 0.25) is 0 Å². The first-order chi connectivity index (χ1) is 5.06. The highest BCUT2D eigenvalue weighted by molar-refractivity contribution is 5.19. The van der Waals surface area contributed by atoms with E-state index in [-0.39, 0.29) is 0 Å². The van der Waals surface area contributed by atoms with Gasteiger partial charge in [0.2, 0.25) is 0 Å². The molecule has 11 heavy (non-hydrogen) atoms. The van der Waals surface area contributed by atoms with Gasteiger partial charge in [0.25, 0.3) is 0 Å². The maximum atomic E-state index is 8.73. The smallest absolute Gasteiger partial charge is 0.102 e. The number of aryl methyl sites for hydroxylation is 1. The van der Waals surface area contributed by atoms with E-state index in [1.165, 1.54) is 0 Å². The first-order valence-corrected chi connectivity index (χ1v) is 3.34. The summed E-state index contributed by atoms with van der Waals surface area (Å²) in [6, 6.07) is 2.16. The number of nitrogens with zero attached hydrogens (tertiary/aromatic N) is 4. The third-order valence-corrected chi connectivity index (χ3v) is 1.52. The van der Waals surface area contributed by atoms with Crippen LogP contribution in [0.4, 0.5) is 0 Å². The molecule has 0 bridgehead atoms. The summed E-state index contributed by atoms with van der Waals surface area (Å²) < 4.78 is 1.59. The number of nitriles is 1. The Kier molecular flexibility index (Phi) is 1.65. The molecule has 0 saturated carbocycles. The van der Waals surface area contributed by atoms with E-state index in [1.54, 1.807) is 17.9 Å². The summed E-state index contributed by atoms with van der Waals surface area (Å²) in [6.45, 7) is 3.63. The minimum Gasteiger partial charge on any atom is -0.255 e. The Morgan fingerprint density at radius 2 is 2.27 bits per heavy atom. The normalized spacial score (nSPS) is 11.1. The van der Waals surface area contributed by atoms with Crippen molar-refractivity contribution in [3.05, 3.63) is 11.9 Å². The van der Waals surface area contributed by atoms with Gasteiger partial charge in [-0.05, 0) is 13.8 Å². The molecule has 0 aromatic carbocycles. The molecule has 0 spiro atoms. The van der Waals surface area contributed by atoms with Crippen LogP contribution >= 0.6 is 0 Å². The van der Waals surface area contributed by atoms with Crippen LogP contribution in [0.5, 0.6) is 0 Å². The zero-order chi connectivity index (χ0) is 8.48. The predicted octanol–water partition coefficient (Wildman–Crippen LogP) is 0.616. The molecule has 0 aliphatic heterocycles. The molecule has 4 heteroatoms. The van der Waals surface area contributed by atoms with Crippen molar-refractivity contribution in [3.8, 4) is 6.07 Å². The first-order valence-electron chi connectivity index (χ1n) is 3.34. The minimum atomic E-state index is -0.533. The number of rotatable bonds is 1. The lowest BCUT2D eigenvalue weighted by Gasteiger charge is -2.08. The largest absolute Gasteiger partial charge is 0.255 e. The van der Waals surface area contributed by atoms with Crippen molar-refractivity contribution < 1.29 is 0 Å². The van der Waals surface area contributed by atoms with Crippen LogP contribution in [0.3, 0.4) is 0 Å². The molecule has 0 N–H and O–H groups in total. The van der Waals surface area contributed by atoms with E-state index in [0.717, 1.165) is 0 Å². The fourth-order valence-electron chi connectivity index (χ4n) is 0.691. The molecule has 0 fully saturated rings. The van der Waals surface area contributed by atoms with E-state index in [1.807, 2.05) is 13.8 Å². The van der Waals surface area contributed by atoms with Gasteiger partial charge in [-0.1, -0.05) is 5.21 Å². The lowest BCUT2D eigenvalue weighted by Crippen LogP contribution is -2.14. The Morgan fingerprint density at radius 1 is 1.64 bits per heavy atom. The fourth-order valence-corrected chi connectivity index (χ4v) is 0.691. The molecule has 4 nitrogen and oxygen atoms in total. The van der Waals surface area contributed by atoms with Crippen molar-refractivity contribution >= 4 is 0 Å². The zero-order valence-corrected chi connectivity index (χ0v) is 6.87. The van der Waals surface area contributed by atoms with Crippen molar-refractivity contribution in [3.63, 3.8) is 0 Å². The lowest BCUT2D eigenvalue weighted by molar-refractivity contribution is 0.652. The Bertz CT molecular complexity index is 292. The lowest BCUT2D eigenvalue weighted by atomic mass is 9.92.